The fourth-order valence-electron chi connectivity index (χ4n) is 2.37. The third kappa shape index (κ3) is 4.68. The van der Waals surface area contributed by atoms with Crippen LogP contribution >= 0.6 is 0 Å². The van der Waals surface area contributed by atoms with Crippen molar-refractivity contribution in [3.8, 4) is 0 Å². The number of nitrogens with one attached hydrogen (secondary N) is 1. The van der Waals surface area contributed by atoms with E-state index in [-0.39, 0.29) is 24.1 Å². The van der Waals surface area contributed by atoms with E-state index in [1.165, 1.54) is 0 Å². The lowest BCUT2D eigenvalue weighted by atomic mass is 10.2. The molecule has 6 heteroatoms. The summed E-state index contributed by atoms with van der Waals surface area (Å²) in [5, 5.41) is 2.73. The van der Waals surface area contributed by atoms with E-state index in [1.54, 1.807) is 41.5 Å². The molecular weight excluding hydrogens is 306 g/mol. The van der Waals surface area contributed by atoms with Gasteiger partial charge in [-0.15, -0.1) is 0 Å². The van der Waals surface area contributed by atoms with Crippen molar-refractivity contribution in [2.45, 2.75) is 33.2 Å². The van der Waals surface area contributed by atoms with Crippen molar-refractivity contribution in [2.75, 3.05) is 13.1 Å². The summed E-state index contributed by atoms with van der Waals surface area (Å²) < 4.78 is 5.17. The normalized spacial score (nSPS) is 10.4. The summed E-state index contributed by atoms with van der Waals surface area (Å²) >= 11 is 0. The number of furan rings is 1. The lowest BCUT2D eigenvalue weighted by Gasteiger charge is -2.21. The van der Waals surface area contributed by atoms with Gasteiger partial charge in [-0.05, 0) is 37.1 Å². The number of hydrogen-bond donors (Lipinski definition) is 1. The summed E-state index contributed by atoms with van der Waals surface area (Å²) in [6.07, 6.45) is 3.32. The first kappa shape index (κ1) is 17.7. The molecule has 0 aliphatic heterocycles. The second kappa shape index (κ2) is 8.86. The maximum Gasteiger partial charge on any atom is 0.272 e. The molecule has 2 amide bonds. The van der Waals surface area contributed by atoms with Crippen molar-refractivity contribution in [1.82, 2.24) is 15.2 Å². The fraction of sp³-hybridized carbons (Fsp3) is 0.389. The Morgan fingerprint density at radius 3 is 2.42 bits per heavy atom. The van der Waals surface area contributed by atoms with E-state index in [1.807, 2.05) is 13.8 Å². The summed E-state index contributed by atoms with van der Waals surface area (Å²) in [6.45, 7) is 5.71. The van der Waals surface area contributed by atoms with Crippen LogP contribution < -0.4 is 5.32 Å². The molecule has 0 aliphatic rings. The molecule has 0 atom stereocenters. The summed E-state index contributed by atoms with van der Waals surface area (Å²) in [7, 11) is 0. The smallest absolute Gasteiger partial charge is 0.272 e. The molecule has 0 saturated carbocycles. The molecular formula is C18H23N3O3. The second-order valence-electron chi connectivity index (χ2n) is 5.46. The third-order valence-electron chi connectivity index (χ3n) is 3.48. The zero-order chi connectivity index (χ0) is 17.4. The Bertz CT molecular complexity index is 662. The second-order valence-corrected chi connectivity index (χ2v) is 5.46. The molecule has 24 heavy (non-hydrogen) atoms. The van der Waals surface area contributed by atoms with E-state index in [0.717, 1.165) is 12.8 Å². The van der Waals surface area contributed by atoms with E-state index < -0.39 is 0 Å². The molecule has 0 aromatic carbocycles. The number of carbonyl (C=O) groups excluding carboxylic acids is 2. The standard InChI is InChI=1S/C18H23N3O3/c1-3-10-21(11-4-2)18(23)16-9-5-8-15(20-16)17(22)19-13-14-7-6-12-24-14/h5-9,12H,3-4,10-11,13H2,1-2H3,(H,19,22). The number of aromatic nitrogens is 1. The van der Waals surface area contributed by atoms with Gasteiger partial charge in [0, 0.05) is 13.1 Å². The van der Waals surface area contributed by atoms with Gasteiger partial charge in [-0.1, -0.05) is 19.9 Å². The number of hydrogen-bond acceptors (Lipinski definition) is 4. The highest BCUT2D eigenvalue weighted by Crippen LogP contribution is 2.07. The number of pyridine rings is 1. The van der Waals surface area contributed by atoms with E-state index in [9.17, 15) is 9.59 Å². The number of amides is 2. The van der Waals surface area contributed by atoms with Crippen LogP contribution in [0.2, 0.25) is 0 Å². The molecule has 1 N–H and O–H groups in total. The molecule has 2 aromatic heterocycles. The zero-order valence-corrected chi connectivity index (χ0v) is 14.1. The summed E-state index contributed by atoms with van der Waals surface area (Å²) in [4.78, 5) is 30.8. The molecule has 0 radical (unpaired) electrons. The van der Waals surface area contributed by atoms with Gasteiger partial charge in [-0.3, -0.25) is 9.59 Å². The molecule has 0 spiro atoms. The van der Waals surface area contributed by atoms with Crippen LogP contribution in [0.5, 0.6) is 0 Å². The average molecular weight is 329 g/mol. The predicted octanol–water partition coefficient (Wildman–Crippen LogP) is 2.87. The van der Waals surface area contributed by atoms with Crippen LogP contribution in [-0.2, 0) is 6.54 Å². The van der Waals surface area contributed by atoms with Gasteiger partial charge >= 0.3 is 0 Å². The monoisotopic (exact) mass is 329 g/mol. The first-order valence-corrected chi connectivity index (χ1v) is 8.22. The molecule has 0 bridgehead atoms. The van der Waals surface area contributed by atoms with Crippen molar-refractivity contribution >= 4 is 11.8 Å². The third-order valence-corrected chi connectivity index (χ3v) is 3.48. The zero-order valence-electron chi connectivity index (χ0n) is 14.1. The maximum atomic E-state index is 12.6. The minimum atomic E-state index is -0.335. The van der Waals surface area contributed by atoms with E-state index in [0.29, 0.717) is 24.5 Å². The number of rotatable bonds is 8. The van der Waals surface area contributed by atoms with Gasteiger partial charge in [0.2, 0.25) is 0 Å². The van der Waals surface area contributed by atoms with Gasteiger partial charge < -0.3 is 14.6 Å². The van der Waals surface area contributed by atoms with Gasteiger partial charge in [0.05, 0.1) is 12.8 Å². The topological polar surface area (TPSA) is 75.4 Å². The highest BCUT2D eigenvalue weighted by molar-refractivity contribution is 5.96. The van der Waals surface area contributed by atoms with E-state index >= 15 is 0 Å². The van der Waals surface area contributed by atoms with Crippen LogP contribution in [0.1, 0.15) is 53.4 Å². The van der Waals surface area contributed by atoms with Crippen LogP contribution in [0.25, 0.3) is 0 Å². The van der Waals surface area contributed by atoms with Gasteiger partial charge in [0.15, 0.2) is 0 Å². The molecule has 2 rings (SSSR count). The molecule has 2 heterocycles. The van der Waals surface area contributed by atoms with Crippen LogP contribution in [0.3, 0.4) is 0 Å². The maximum absolute atomic E-state index is 12.6. The quantitative estimate of drug-likeness (QED) is 0.808. The van der Waals surface area contributed by atoms with Gasteiger partial charge in [0.25, 0.3) is 11.8 Å². The summed E-state index contributed by atoms with van der Waals surface area (Å²) in [5.41, 5.74) is 0.517. The summed E-state index contributed by atoms with van der Waals surface area (Å²) in [6, 6.07) is 8.45. The Balaban J connectivity index is 2.06. The van der Waals surface area contributed by atoms with Gasteiger partial charge in [0.1, 0.15) is 17.1 Å². The Labute approximate surface area is 141 Å². The lowest BCUT2D eigenvalue weighted by molar-refractivity contribution is 0.0749. The van der Waals surface area contributed by atoms with Crippen LogP contribution in [-0.4, -0.2) is 34.8 Å². The number of carbonyl (C=O) groups is 2. The minimum absolute atomic E-state index is 0.139. The lowest BCUT2D eigenvalue weighted by Crippen LogP contribution is -2.33. The SMILES string of the molecule is CCCN(CCC)C(=O)c1cccc(C(=O)NCc2ccco2)n1. The highest BCUT2D eigenvalue weighted by atomic mass is 16.3. The van der Waals surface area contributed by atoms with Gasteiger partial charge in [-0.25, -0.2) is 4.98 Å². The Morgan fingerprint density at radius 2 is 1.79 bits per heavy atom. The van der Waals surface area contributed by atoms with Crippen molar-refractivity contribution < 1.29 is 14.0 Å². The molecule has 128 valence electrons. The first-order chi connectivity index (χ1) is 11.7. The van der Waals surface area contributed by atoms with Crippen molar-refractivity contribution in [2.24, 2.45) is 0 Å². The van der Waals surface area contributed by atoms with Crippen molar-refractivity contribution in [3.05, 3.63) is 53.7 Å². The predicted molar refractivity (Wildman–Crippen MR) is 90.6 cm³/mol. The number of nitrogens with zero attached hydrogens (tertiary/aromatic N) is 2. The first-order valence-electron chi connectivity index (χ1n) is 8.22. The van der Waals surface area contributed by atoms with E-state index in [2.05, 4.69) is 10.3 Å². The molecule has 0 unspecified atom stereocenters. The van der Waals surface area contributed by atoms with E-state index in [4.69, 9.17) is 4.42 Å². The molecule has 0 saturated heterocycles. The highest BCUT2D eigenvalue weighted by Gasteiger charge is 2.17. The Kier molecular flexibility index (Phi) is 6.54. The largest absolute Gasteiger partial charge is 0.467 e. The van der Waals surface area contributed by atoms with Crippen LogP contribution in [0, 0.1) is 0 Å². The van der Waals surface area contributed by atoms with Crippen LogP contribution in [0.15, 0.2) is 41.0 Å². The van der Waals surface area contributed by atoms with Gasteiger partial charge in [-0.2, -0.15) is 0 Å². The average Bonchev–Trinajstić information content (AvgIpc) is 3.12. The molecule has 6 nitrogen and oxygen atoms in total. The van der Waals surface area contributed by atoms with Crippen LogP contribution in [0.4, 0.5) is 0 Å². The Hall–Kier alpha value is -2.63. The van der Waals surface area contributed by atoms with Crippen molar-refractivity contribution in [1.29, 1.82) is 0 Å². The fourth-order valence-corrected chi connectivity index (χ4v) is 2.37. The minimum Gasteiger partial charge on any atom is -0.467 e. The molecule has 2 aromatic rings. The Morgan fingerprint density at radius 1 is 1.08 bits per heavy atom. The molecule has 0 aliphatic carbocycles. The van der Waals surface area contributed by atoms with Crippen molar-refractivity contribution in [3.63, 3.8) is 0 Å². The summed E-state index contributed by atoms with van der Waals surface area (Å²) in [5.74, 6) is 0.186. The molecule has 0 fully saturated rings.